The maximum Gasteiger partial charge on any atom is 0.319 e. The molecule has 3 rings (SSSR count). The topological polar surface area (TPSA) is 53.2 Å². The highest BCUT2D eigenvalue weighted by Crippen LogP contribution is 2.23. The third-order valence-electron chi connectivity index (χ3n) is 3.86. The van der Waals surface area contributed by atoms with Crippen molar-refractivity contribution >= 4 is 17.4 Å². The molecule has 0 aromatic heterocycles. The molecule has 3 N–H and O–H groups in total. The van der Waals surface area contributed by atoms with Crippen molar-refractivity contribution in [2.45, 2.75) is 25.8 Å². The highest BCUT2D eigenvalue weighted by atomic mass is 16.2. The number of nitrogens with one attached hydrogen (secondary N) is 3. The van der Waals surface area contributed by atoms with Gasteiger partial charge >= 0.3 is 6.03 Å². The minimum absolute atomic E-state index is 0.132. The first kappa shape index (κ1) is 14.4. The van der Waals surface area contributed by atoms with Crippen molar-refractivity contribution in [1.29, 1.82) is 0 Å². The Hall–Kier alpha value is -2.49. The van der Waals surface area contributed by atoms with E-state index >= 15 is 0 Å². The van der Waals surface area contributed by atoms with E-state index in [0.717, 1.165) is 36.3 Å². The fourth-order valence-electron chi connectivity index (χ4n) is 2.63. The lowest BCUT2D eigenvalue weighted by atomic mass is 10.1. The van der Waals surface area contributed by atoms with Crippen LogP contribution in [-0.4, -0.2) is 12.6 Å². The zero-order chi connectivity index (χ0) is 15.2. The summed E-state index contributed by atoms with van der Waals surface area (Å²) in [5.74, 6) is 0. The van der Waals surface area contributed by atoms with Crippen molar-refractivity contribution in [2.24, 2.45) is 0 Å². The smallest absolute Gasteiger partial charge is 0.319 e. The first-order valence-corrected chi connectivity index (χ1v) is 7.77. The van der Waals surface area contributed by atoms with Gasteiger partial charge in [0.2, 0.25) is 0 Å². The quantitative estimate of drug-likeness (QED) is 0.711. The van der Waals surface area contributed by atoms with Crippen molar-refractivity contribution in [3.8, 4) is 0 Å². The molecule has 4 nitrogen and oxygen atoms in total. The van der Waals surface area contributed by atoms with E-state index in [1.807, 2.05) is 12.1 Å². The number of anilines is 2. The van der Waals surface area contributed by atoms with Crippen molar-refractivity contribution in [2.75, 3.05) is 17.2 Å². The fraction of sp³-hybridized carbons (Fsp3) is 0.278. The second-order valence-electron chi connectivity index (χ2n) is 5.55. The van der Waals surface area contributed by atoms with Gasteiger partial charge in [0.25, 0.3) is 0 Å². The molecule has 2 aromatic carbocycles. The van der Waals surface area contributed by atoms with Gasteiger partial charge in [0.05, 0.1) is 0 Å². The van der Waals surface area contributed by atoms with Gasteiger partial charge in [-0.15, -0.1) is 0 Å². The van der Waals surface area contributed by atoms with Crippen molar-refractivity contribution in [3.63, 3.8) is 0 Å². The first-order valence-electron chi connectivity index (χ1n) is 7.77. The van der Waals surface area contributed by atoms with Gasteiger partial charge in [0.15, 0.2) is 0 Å². The van der Waals surface area contributed by atoms with E-state index in [0.29, 0.717) is 6.54 Å². The molecule has 2 aromatic rings. The highest BCUT2D eigenvalue weighted by molar-refractivity contribution is 5.92. The molecule has 0 fully saturated rings. The molecule has 0 unspecified atom stereocenters. The average molecular weight is 295 g/mol. The van der Waals surface area contributed by atoms with Crippen LogP contribution >= 0.6 is 0 Å². The predicted molar refractivity (Wildman–Crippen MR) is 90.2 cm³/mol. The number of hydrogen-bond acceptors (Lipinski definition) is 2. The number of unbranched alkanes of at least 4 members (excludes halogenated alkanes) is 1. The minimum atomic E-state index is -0.132. The van der Waals surface area contributed by atoms with E-state index in [1.54, 1.807) is 0 Å². The fourth-order valence-corrected chi connectivity index (χ4v) is 2.63. The highest BCUT2D eigenvalue weighted by Gasteiger charge is 2.13. The number of rotatable bonds is 6. The Bertz CT molecular complexity index is 640. The Labute approximate surface area is 130 Å². The summed E-state index contributed by atoms with van der Waals surface area (Å²) in [5.41, 5.74) is 4.47. The van der Waals surface area contributed by atoms with Crippen molar-refractivity contribution < 1.29 is 4.79 Å². The van der Waals surface area contributed by atoms with Gasteiger partial charge in [0, 0.05) is 24.5 Å². The Morgan fingerprint density at radius 1 is 1.05 bits per heavy atom. The molecule has 1 aliphatic heterocycles. The predicted octanol–water partition coefficient (Wildman–Crippen LogP) is 3.76. The molecule has 0 saturated carbocycles. The summed E-state index contributed by atoms with van der Waals surface area (Å²) in [6, 6.07) is 16.6. The monoisotopic (exact) mass is 295 g/mol. The summed E-state index contributed by atoms with van der Waals surface area (Å²) < 4.78 is 0. The third kappa shape index (κ3) is 3.79. The van der Waals surface area contributed by atoms with Crippen LogP contribution in [0.2, 0.25) is 0 Å². The van der Waals surface area contributed by atoms with Gasteiger partial charge in [-0.2, -0.15) is 0 Å². The molecule has 1 heterocycles. The molecule has 1 aliphatic rings. The van der Waals surface area contributed by atoms with Crippen LogP contribution < -0.4 is 16.0 Å². The molecule has 4 heteroatoms. The van der Waals surface area contributed by atoms with E-state index in [1.165, 1.54) is 12.0 Å². The summed E-state index contributed by atoms with van der Waals surface area (Å²) in [4.78, 5) is 11.3. The summed E-state index contributed by atoms with van der Waals surface area (Å²) in [7, 11) is 0. The van der Waals surface area contributed by atoms with Crippen LogP contribution in [0.15, 0.2) is 48.5 Å². The summed E-state index contributed by atoms with van der Waals surface area (Å²) in [5, 5.41) is 9.02. The first-order chi connectivity index (χ1) is 10.8. The Morgan fingerprint density at radius 3 is 2.77 bits per heavy atom. The van der Waals surface area contributed by atoms with Gasteiger partial charge in [-0.05, 0) is 42.5 Å². The number of carbonyl (C=O) groups excluding carboxylic acids is 1. The van der Waals surface area contributed by atoms with E-state index in [4.69, 9.17) is 0 Å². The zero-order valence-corrected chi connectivity index (χ0v) is 12.6. The standard InChI is InChI=1S/C18H21N3O/c22-18-20-13-15-9-10-16(12-17(15)21-18)19-11-5-4-8-14-6-2-1-3-7-14/h1-3,6-7,9-10,12,19H,4-5,8,11,13H2,(H2,20,21,22). The SMILES string of the molecule is O=C1NCc2ccc(NCCCCc3ccccc3)cc2N1. The van der Waals surface area contributed by atoms with Crippen LogP contribution in [0, 0.1) is 0 Å². The lowest BCUT2D eigenvalue weighted by molar-refractivity contribution is 0.251. The number of amides is 2. The van der Waals surface area contributed by atoms with Crippen molar-refractivity contribution in [1.82, 2.24) is 5.32 Å². The summed E-state index contributed by atoms with van der Waals surface area (Å²) in [6.45, 7) is 1.54. The van der Waals surface area contributed by atoms with E-state index < -0.39 is 0 Å². The Kier molecular flexibility index (Phi) is 4.59. The third-order valence-corrected chi connectivity index (χ3v) is 3.86. The van der Waals surface area contributed by atoms with Crippen LogP contribution in [0.3, 0.4) is 0 Å². The molecule has 0 saturated heterocycles. The van der Waals surface area contributed by atoms with Gasteiger partial charge in [-0.3, -0.25) is 0 Å². The number of carbonyl (C=O) groups is 1. The minimum Gasteiger partial charge on any atom is -0.385 e. The van der Waals surface area contributed by atoms with Crippen molar-refractivity contribution in [3.05, 3.63) is 59.7 Å². The molecule has 0 atom stereocenters. The number of hydrogen-bond donors (Lipinski definition) is 3. The second-order valence-corrected chi connectivity index (χ2v) is 5.55. The Morgan fingerprint density at radius 2 is 1.91 bits per heavy atom. The molecule has 0 aliphatic carbocycles. The number of benzene rings is 2. The van der Waals surface area contributed by atoms with Crippen LogP contribution in [-0.2, 0) is 13.0 Å². The van der Waals surface area contributed by atoms with Crippen LogP contribution in [0.4, 0.5) is 16.2 Å². The molecular weight excluding hydrogens is 274 g/mol. The maximum absolute atomic E-state index is 11.3. The van der Waals surface area contributed by atoms with E-state index in [-0.39, 0.29) is 6.03 Å². The Balaban J connectivity index is 1.44. The normalized spacial score (nSPS) is 13.0. The van der Waals surface area contributed by atoms with Crippen LogP contribution in [0.1, 0.15) is 24.0 Å². The van der Waals surface area contributed by atoms with Gasteiger partial charge < -0.3 is 16.0 Å². The van der Waals surface area contributed by atoms with Crippen LogP contribution in [0.5, 0.6) is 0 Å². The second kappa shape index (κ2) is 6.98. The zero-order valence-electron chi connectivity index (χ0n) is 12.6. The van der Waals surface area contributed by atoms with Gasteiger partial charge in [-0.1, -0.05) is 36.4 Å². The van der Waals surface area contributed by atoms with Gasteiger partial charge in [-0.25, -0.2) is 4.79 Å². The van der Waals surface area contributed by atoms with Gasteiger partial charge in [0.1, 0.15) is 0 Å². The molecule has 0 spiro atoms. The largest absolute Gasteiger partial charge is 0.385 e. The van der Waals surface area contributed by atoms with Crippen LogP contribution in [0.25, 0.3) is 0 Å². The summed E-state index contributed by atoms with van der Waals surface area (Å²) in [6.07, 6.45) is 3.41. The molecule has 0 bridgehead atoms. The van der Waals surface area contributed by atoms with E-state index in [9.17, 15) is 4.79 Å². The summed E-state index contributed by atoms with van der Waals surface area (Å²) >= 11 is 0. The molecule has 0 radical (unpaired) electrons. The molecule has 2 amide bonds. The molecular formula is C18H21N3O. The molecule has 114 valence electrons. The maximum atomic E-state index is 11.3. The van der Waals surface area contributed by atoms with E-state index in [2.05, 4.69) is 52.3 Å². The molecule has 22 heavy (non-hydrogen) atoms. The number of urea groups is 1. The lowest BCUT2D eigenvalue weighted by Gasteiger charge is -2.19. The number of aryl methyl sites for hydroxylation is 1. The number of fused-ring (bicyclic) bond motifs is 1. The average Bonchev–Trinajstić information content (AvgIpc) is 2.55. The lowest BCUT2D eigenvalue weighted by Crippen LogP contribution is -2.33.